The number of aryl methyl sites for hydroxylation is 1. The second-order valence-electron chi connectivity index (χ2n) is 4.84. The van der Waals surface area contributed by atoms with Crippen molar-refractivity contribution in [2.75, 3.05) is 0 Å². The first-order valence-electron chi connectivity index (χ1n) is 6.12. The lowest BCUT2D eigenvalue weighted by Gasteiger charge is -2.27. The number of benzene rings is 1. The van der Waals surface area contributed by atoms with Gasteiger partial charge in [-0.05, 0) is 48.9 Å². The van der Waals surface area contributed by atoms with Gasteiger partial charge in [0, 0.05) is 4.47 Å². The third kappa shape index (κ3) is 2.67. The number of aliphatic hydroxyl groups excluding tert-OH is 1. The lowest BCUT2D eigenvalue weighted by molar-refractivity contribution is 0.0843. The van der Waals surface area contributed by atoms with E-state index in [2.05, 4.69) is 35.0 Å². The maximum atomic E-state index is 10.4. The molecule has 0 aromatic heterocycles. The van der Waals surface area contributed by atoms with Crippen molar-refractivity contribution in [1.29, 1.82) is 0 Å². The van der Waals surface area contributed by atoms with Crippen LogP contribution < -0.4 is 0 Å². The summed E-state index contributed by atoms with van der Waals surface area (Å²) < 4.78 is 1.06. The highest BCUT2D eigenvalue weighted by molar-refractivity contribution is 9.10. The van der Waals surface area contributed by atoms with Crippen LogP contribution in [0.1, 0.15) is 49.3 Å². The summed E-state index contributed by atoms with van der Waals surface area (Å²) >= 11 is 3.48. The standard InChI is InChI=1S/C14H19BrO/c1-10-7-8-12(15)9-13(10)14(16)11-5-3-2-4-6-11/h7-9,11,14,16H,2-6H2,1H3. The van der Waals surface area contributed by atoms with E-state index in [4.69, 9.17) is 0 Å². The zero-order chi connectivity index (χ0) is 11.5. The van der Waals surface area contributed by atoms with Crippen molar-refractivity contribution >= 4 is 15.9 Å². The van der Waals surface area contributed by atoms with Crippen molar-refractivity contribution in [2.24, 2.45) is 5.92 Å². The van der Waals surface area contributed by atoms with Gasteiger partial charge in [-0.3, -0.25) is 0 Å². The SMILES string of the molecule is Cc1ccc(Br)cc1C(O)C1CCCCC1. The summed E-state index contributed by atoms with van der Waals surface area (Å²) in [7, 11) is 0. The van der Waals surface area contributed by atoms with Gasteiger partial charge in [0.1, 0.15) is 0 Å². The molecule has 1 aromatic carbocycles. The van der Waals surface area contributed by atoms with Crippen LogP contribution in [-0.4, -0.2) is 5.11 Å². The van der Waals surface area contributed by atoms with Gasteiger partial charge in [-0.25, -0.2) is 0 Å². The van der Waals surface area contributed by atoms with Crippen molar-refractivity contribution in [3.05, 3.63) is 33.8 Å². The van der Waals surface area contributed by atoms with E-state index >= 15 is 0 Å². The molecule has 0 bridgehead atoms. The fraction of sp³-hybridized carbons (Fsp3) is 0.571. The average Bonchev–Trinajstić information content (AvgIpc) is 2.32. The lowest BCUT2D eigenvalue weighted by atomic mass is 9.82. The molecule has 0 aliphatic heterocycles. The Morgan fingerprint density at radius 2 is 1.94 bits per heavy atom. The zero-order valence-corrected chi connectivity index (χ0v) is 11.3. The molecule has 1 aliphatic rings. The van der Waals surface area contributed by atoms with Gasteiger partial charge in [-0.1, -0.05) is 41.3 Å². The molecule has 1 N–H and O–H groups in total. The molecule has 88 valence electrons. The molecule has 1 nitrogen and oxygen atoms in total. The van der Waals surface area contributed by atoms with Crippen molar-refractivity contribution < 1.29 is 5.11 Å². The van der Waals surface area contributed by atoms with Crippen molar-refractivity contribution in [3.63, 3.8) is 0 Å². The molecule has 1 saturated carbocycles. The van der Waals surface area contributed by atoms with Crippen LogP contribution in [0.5, 0.6) is 0 Å². The van der Waals surface area contributed by atoms with Crippen LogP contribution in [0.3, 0.4) is 0 Å². The number of aliphatic hydroxyl groups is 1. The molecule has 1 fully saturated rings. The van der Waals surface area contributed by atoms with Crippen LogP contribution in [0.4, 0.5) is 0 Å². The highest BCUT2D eigenvalue weighted by Crippen LogP contribution is 2.36. The minimum atomic E-state index is -0.280. The van der Waals surface area contributed by atoms with E-state index in [0.717, 1.165) is 10.0 Å². The lowest BCUT2D eigenvalue weighted by Crippen LogP contribution is -2.16. The smallest absolute Gasteiger partial charge is 0.0821 e. The summed E-state index contributed by atoms with van der Waals surface area (Å²) in [6.45, 7) is 2.08. The molecule has 0 amide bonds. The molecule has 1 atom stereocenters. The fourth-order valence-electron chi connectivity index (χ4n) is 2.63. The predicted molar refractivity (Wildman–Crippen MR) is 70.4 cm³/mol. The first-order chi connectivity index (χ1) is 7.68. The van der Waals surface area contributed by atoms with Crippen LogP contribution in [0, 0.1) is 12.8 Å². The fourth-order valence-corrected chi connectivity index (χ4v) is 3.01. The van der Waals surface area contributed by atoms with Gasteiger partial charge in [0.2, 0.25) is 0 Å². The molecule has 0 saturated heterocycles. The number of hydrogen-bond acceptors (Lipinski definition) is 1. The molecule has 0 radical (unpaired) electrons. The van der Waals surface area contributed by atoms with Gasteiger partial charge in [-0.2, -0.15) is 0 Å². The third-order valence-electron chi connectivity index (χ3n) is 3.66. The second-order valence-corrected chi connectivity index (χ2v) is 5.76. The van der Waals surface area contributed by atoms with Crippen molar-refractivity contribution in [1.82, 2.24) is 0 Å². The molecule has 1 unspecified atom stereocenters. The Hall–Kier alpha value is -0.340. The third-order valence-corrected chi connectivity index (χ3v) is 4.15. The van der Waals surface area contributed by atoms with E-state index in [1.165, 1.54) is 37.7 Å². The Kier molecular flexibility index (Phi) is 4.04. The van der Waals surface area contributed by atoms with Crippen LogP contribution >= 0.6 is 15.9 Å². The minimum absolute atomic E-state index is 0.280. The van der Waals surface area contributed by atoms with E-state index in [1.807, 2.05) is 6.07 Å². The Bertz CT molecular complexity index is 356. The van der Waals surface area contributed by atoms with E-state index in [1.54, 1.807) is 0 Å². The van der Waals surface area contributed by atoms with Crippen molar-refractivity contribution in [3.8, 4) is 0 Å². The number of rotatable bonds is 2. The molecule has 16 heavy (non-hydrogen) atoms. The van der Waals surface area contributed by atoms with Gasteiger partial charge >= 0.3 is 0 Å². The summed E-state index contributed by atoms with van der Waals surface area (Å²) in [5.41, 5.74) is 2.29. The maximum Gasteiger partial charge on any atom is 0.0821 e. The maximum absolute atomic E-state index is 10.4. The first kappa shape index (κ1) is 12.1. The molecular formula is C14H19BrO. The summed E-state index contributed by atoms with van der Waals surface area (Å²) in [6, 6.07) is 6.17. The van der Waals surface area contributed by atoms with Crippen LogP contribution in [-0.2, 0) is 0 Å². The molecule has 0 heterocycles. The minimum Gasteiger partial charge on any atom is -0.388 e. The highest BCUT2D eigenvalue weighted by atomic mass is 79.9. The normalized spacial score (nSPS) is 19.7. The number of halogens is 1. The molecule has 1 aromatic rings. The molecular weight excluding hydrogens is 264 g/mol. The molecule has 2 heteroatoms. The van der Waals surface area contributed by atoms with Gasteiger partial charge in [-0.15, -0.1) is 0 Å². The quantitative estimate of drug-likeness (QED) is 0.854. The van der Waals surface area contributed by atoms with Crippen LogP contribution in [0.2, 0.25) is 0 Å². The molecule has 1 aliphatic carbocycles. The summed E-state index contributed by atoms with van der Waals surface area (Å²) in [6.07, 6.45) is 5.95. The topological polar surface area (TPSA) is 20.2 Å². The first-order valence-corrected chi connectivity index (χ1v) is 6.92. The molecule has 2 rings (SSSR count). The zero-order valence-electron chi connectivity index (χ0n) is 9.75. The van der Waals surface area contributed by atoms with Gasteiger partial charge in [0.25, 0.3) is 0 Å². The molecule has 0 spiro atoms. The number of hydrogen-bond donors (Lipinski definition) is 1. The largest absolute Gasteiger partial charge is 0.388 e. The van der Waals surface area contributed by atoms with Gasteiger partial charge in [0.05, 0.1) is 6.10 Å². The summed E-state index contributed by atoms with van der Waals surface area (Å²) in [5.74, 6) is 0.460. The van der Waals surface area contributed by atoms with Gasteiger partial charge < -0.3 is 5.11 Å². The Morgan fingerprint density at radius 3 is 2.62 bits per heavy atom. The Morgan fingerprint density at radius 1 is 1.25 bits per heavy atom. The monoisotopic (exact) mass is 282 g/mol. The highest BCUT2D eigenvalue weighted by Gasteiger charge is 2.24. The van der Waals surface area contributed by atoms with E-state index in [0.29, 0.717) is 5.92 Å². The Balaban J connectivity index is 2.18. The van der Waals surface area contributed by atoms with E-state index in [-0.39, 0.29) is 6.10 Å². The van der Waals surface area contributed by atoms with Crippen LogP contribution in [0.25, 0.3) is 0 Å². The van der Waals surface area contributed by atoms with Crippen molar-refractivity contribution in [2.45, 2.75) is 45.1 Å². The summed E-state index contributed by atoms with van der Waals surface area (Å²) in [4.78, 5) is 0. The van der Waals surface area contributed by atoms with Gasteiger partial charge in [0.15, 0.2) is 0 Å². The van der Waals surface area contributed by atoms with E-state index in [9.17, 15) is 5.11 Å². The predicted octanol–water partition coefficient (Wildman–Crippen LogP) is 4.37. The Labute approximate surface area is 106 Å². The van der Waals surface area contributed by atoms with E-state index < -0.39 is 0 Å². The summed E-state index contributed by atoms with van der Waals surface area (Å²) in [5, 5.41) is 10.4. The van der Waals surface area contributed by atoms with Crippen LogP contribution in [0.15, 0.2) is 22.7 Å². The average molecular weight is 283 g/mol. The second kappa shape index (κ2) is 5.33.